The van der Waals surface area contributed by atoms with Crippen LogP contribution in [-0.4, -0.2) is 30.5 Å². The van der Waals surface area contributed by atoms with E-state index in [1.165, 1.54) is 0 Å². The minimum atomic E-state index is -0.723. The normalized spacial score (nSPS) is 26.6. The SMILES string of the molecule is O=C(Cl)OC1CCC2(CC1)OCCO2. The predicted molar refractivity (Wildman–Crippen MR) is 49.2 cm³/mol. The van der Waals surface area contributed by atoms with Crippen LogP contribution >= 0.6 is 11.6 Å². The molecule has 0 aromatic carbocycles. The second-order valence-electron chi connectivity index (χ2n) is 3.66. The van der Waals surface area contributed by atoms with E-state index in [9.17, 15) is 4.79 Å². The van der Waals surface area contributed by atoms with Crippen LogP contribution in [0.1, 0.15) is 25.7 Å². The maximum Gasteiger partial charge on any atom is 0.404 e. The van der Waals surface area contributed by atoms with Crippen molar-refractivity contribution in [3.05, 3.63) is 0 Å². The molecule has 5 heteroatoms. The molecule has 1 saturated heterocycles. The van der Waals surface area contributed by atoms with E-state index in [-0.39, 0.29) is 6.10 Å². The molecular formula is C9H13ClO4. The molecule has 1 saturated carbocycles. The maximum atomic E-state index is 10.5. The second-order valence-corrected chi connectivity index (χ2v) is 3.97. The van der Waals surface area contributed by atoms with Crippen LogP contribution in [0.15, 0.2) is 0 Å². The third-order valence-electron chi connectivity index (χ3n) is 2.77. The predicted octanol–water partition coefficient (Wildman–Crippen LogP) is 2.05. The van der Waals surface area contributed by atoms with E-state index in [1.54, 1.807) is 0 Å². The van der Waals surface area contributed by atoms with Crippen molar-refractivity contribution in [2.45, 2.75) is 37.6 Å². The molecule has 1 aliphatic carbocycles. The smallest absolute Gasteiger partial charge is 0.404 e. The molecule has 0 unspecified atom stereocenters. The van der Waals surface area contributed by atoms with Gasteiger partial charge in [-0.3, -0.25) is 0 Å². The molecule has 2 rings (SSSR count). The highest BCUT2D eigenvalue weighted by Gasteiger charge is 2.41. The van der Waals surface area contributed by atoms with E-state index in [1.807, 2.05) is 0 Å². The van der Waals surface area contributed by atoms with Crippen LogP contribution in [0.5, 0.6) is 0 Å². The van der Waals surface area contributed by atoms with Crippen LogP contribution in [0.3, 0.4) is 0 Å². The number of hydrogen-bond donors (Lipinski definition) is 0. The highest BCUT2D eigenvalue weighted by molar-refractivity contribution is 6.61. The maximum absolute atomic E-state index is 10.5. The van der Waals surface area contributed by atoms with Gasteiger partial charge in [0.05, 0.1) is 13.2 Å². The van der Waals surface area contributed by atoms with Crippen molar-refractivity contribution in [1.82, 2.24) is 0 Å². The first-order valence-electron chi connectivity index (χ1n) is 4.84. The van der Waals surface area contributed by atoms with E-state index in [2.05, 4.69) is 0 Å². The molecule has 0 N–H and O–H groups in total. The van der Waals surface area contributed by atoms with Crippen molar-refractivity contribution >= 4 is 17.0 Å². The molecule has 14 heavy (non-hydrogen) atoms. The van der Waals surface area contributed by atoms with Gasteiger partial charge in [-0.05, 0) is 12.8 Å². The summed E-state index contributed by atoms with van der Waals surface area (Å²) >= 11 is 5.14. The Morgan fingerprint density at radius 3 is 2.36 bits per heavy atom. The van der Waals surface area contributed by atoms with E-state index in [0.29, 0.717) is 13.2 Å². The van der Waals surface area contributed by atoms with Gasteiger partial charge in [0.1, 0.15) is 6.10 Å². The summed E-state index contributed by atoms with van der Waals surface area (Å²) in [7, 11) is 0. The average Bonchev–Trinajstić information content (AvgIpc) is 2.58. The summed E-state index contributed by atoms with van der Waals surface area (Å²) in [5.41, 5.74) is -0.723. The minimum absolute atomic E-state index is 0.0709. The lowest BCUT2D eigenvalue weighted by molar-refractivity contribution is -0.187. The summed E-state index contributed by atoms with van der Waals surface area (Å²) in [5.74, 6) is -0.394. The van der Waals surface area contributed by atoms with Crippen molar-refractivity contribution in [2.75, 3.05) is 13.2 Å². The molecule has 0 aromatic rings. The number of ether oxygens (including phenoxy) is 3. The van der Waals surface area contributed by atoms with Crippen molar-refractivity contribution < 1.29 is 19.0 Å². The number of hydrogen-bond acceptors (Lipinski definition) is 4. The highest BCUT2D eigenvalue weighted by Crippen LogP contribution is 2.36. The standard InChI is InChI=1S/C9H13ClO4/c10-8(11)14-7-1-3-9(4-2-7)12-5-6-13-9/h7H,1-6H2. The molecule has 80 valence electrons. The summed E-state index contributed by atoms with van der Waals surface area (Å²) < 4.78 is 16.0. The molecule has 1 spiro atoms. The minimum Gasteiger partial charge on any atom is -0.450 e. The molecule has 0 atom stereocenters. The van der Waals surface area contributed by atoms with Crippen molar-refractivity contribution in [1.29, 1.82) is 0 Å². The fourth-order valence-corrected chi connectivity index (χ4v) is 2.19. The van der Waals surface area contributed by atoms with Gasteiger partial charge in [-0.25, -0.2) is 4.79 Å². The number of rotatable bonds is 1. The van der Waals surface area contributed by atoms with Crippen LogP contribution in [0, 0.1) is 0 Å². The van der Waals surface area contributed by atoms with Crippen LogP contribution in [0.2, 0.25) is 0 Å². The summed E-state index contributed by atoms with van der Waals surface area (Å²) in [5, 5.41) is 0. The van der Waals surface area contributed by atoms with Gasteiger partial charge >= 0.3 is 5.43 Å². The lowest BCUT2D eigenvalue weighted by Gasteiger charge is -2.34. The van der Waals surface area contributed by atoms with Gasteiger partial charge in [0.15, 0.2) is 5.79 Å². The Morgan fingerprint density at radius 2 is 1.86 bits per heavy atom. The molecule has 1 aliphatic heterocycles. The lowest BCUT2D eigenvalue weighted by Crippen LogP contribution is -2.37. The molecular weight excluding hydrogens is 208 g/mol. The zero-order valence-corrected chi connectivity index (χ0v) is 8.59. The first-order chi connectivity index (χ1) is 6.70. The van der Waals surface area contributed by atoms with Crippen molar-refractivity contribution in [2.24, 2.45) is 0 Å². The van der Waals surface area contributed by atoms with Gasteiger partial charge in [-0.1, -0.05) is 0 Å². The highest BCUT2D eigenvalue weighted by atomic mass is 35.5. The Labute approximate surface area is 87.5 Å². The fourth-order valence-electron chi connectivity index (χ4n) is 2.07. The third-order valence-corrected chi connectivity index (χ3v) is 2.86. The average molecular weight is 221 g/mol. The number of halogens is 1. The van der Waals surface area contributed by atoms with E-state index >= 15 is 0 Å². The quantitative estimate of drug-likeness (QED) is 0.635. The summed E-state index contributed by atoms with van der Waals surface area (Å²) in [6.07, 6.45) is 3.01. The van der Waals surface area contributed by atoms with Gasteiger partial charge in [0, 0.05) is 24.4 Å². The van der Waals surface area contributed by atoms with E-state index < -0.39 is 11.2 Å². The first kappa shape index (κ1) is 10.2. The summed E-state index contributed by atoms with van der Waals surface area (Å²) in [4.78, 5) is 10.5. The Morgan fingerprint density at radius 1 is 1.29 bits per heavy atom. The van der Waals surface area contributed by atoms with E-state index in [4.69, 9.17) is 25.8 Å². The molecule has 4 nitrogen and oxygen atoms in total. The number of carbonyl (C=O) groups excluding carboxylic acids is 1. The van der Waals surface area contributed by atoms with Gasteiger partial charge in [-0.2, -0.15) is 0 Å². The van der Waals surface area contributed by atoms with Crippen molar-refractivity contribution in [3.8, 4) is 0 Å². The monoisotopic (exact) mass is 220 g/mol. The Kier molecular flexibility index (Phi) is 2.95. The van der Waals surface area contributed by atoms with Gasteiger partial charge in [-0.15, -0.1) is 0 Å². The fraction of sp³-hybridized carbons (Fsp3) is 0.889. The number of carbonyl (C=O) groups is 1. The molecule has 0 aromatic heterocycles. The first-order valence-corrected chi connectivity index (χ1v) is 5.22. The van der Waals surface area contributed by atoms with E-state index in [0.717, 1.165) is 25.7 Å². The largest absolute Gasteiger partial charge is 0.450 e. The zero-order chi connectivity index (χ0) is 10.0. The molecule has 0 bridgehead atoms. The van der Waals surface area contributed by atoms with Gasteiger partial charge in [0.2, 0.25) is 0 Å². The van der Waals surface area contributed by atoms with Crippen LogP contribution in [0.4, 0.5) is 4.79 Å². The zero-order valence-electron chi connectivity index (χ0n) is 7.83. The summed E-state index contributed by atoms with van der Waals surface area (Å²) in [6, 6.07) is 0. The van der Waals surface area contributed by atoms with Crippen LogP contribution in [0.25, 0.3) is 0 Å². The van der Waals surface area contributed by atoms with Gasteiger partial charge in [0.25, 0.3) is 0 Å². The van der Waals surface area contributed by atoms with Crippen LogP contribution in [-0.2, 0) is 14.2 Å². The Balaban J connectivity index is 1.82. The second kappa shape index (κ2) is 4.04. The third kappa shape index (κ3) is 2.19. The van der Waals surface area contributed by atoms with Crippen molar-refractivity contribution in [3.63, 3.8) is 0 Å². The molecule has 1 heterocycles. The van der Waals surface area contributed by atoms with Gasteiger partial charge < -0.3 is 14.2 Å². The molecule has 0 radical (unpaired) electrons. The summed E-state index contributed by atoms with van der Waals surface area (Å²) in [6.45, 7) is 1.33. The topological polar surface area (TPSA) is 44.8 Å². The van der Waals surface area contributed by atoms with Crippen LogP contribution < -0.4 is 0 Å². The Bertz CT molecular complexity index is 215. The molecule has 0 amide bonds. The molecule has 2 aliphatic rings. The Hall–Kier alpha value is -0.320. The lowest BCUT2D eigenvalue weighted by atomic mass is 9.92. The molecule has 2 fully saturated rings.